The third kappa shape index (κ3) is 3.70. The van der Waals surface area contributed by atoms with Crippen LogP contribution in [-0.4, -0.2) is 7.28 Å². The molecule has 1 rings (SSSR count). The standard InChI is InChI=1S/C14H27B/c1-13(2,3)14(4,5)11-15-12-9-7-6-8-10-12/h9,15H,6-8,10-11H2,1-5H3. The summed E-state index contributed by atoms with van der Waals surface area (Å²) < 4.78 is 0. The molecule has 0 saturated heterocycles. The Hall–Kier alpha value is -0.195. The molecule has 0 N–H and O–H groups in total. The molecular formula is C14H27B. The summed E-state index contributed by atoms with van der Waals surface area (Å²) in [7, 11) is 1.32. The second kappa shape index (κ2) is 4.76. The summed E-state index contributed by atoms with van der Waals surface area (Å²) in [4.78, 5) is 0. The van der Waals surface area contributed by atoms with Crippen LogP contribution in [0.3, 0.4) is 0 Å². The fourth-order valence-electron chi connectivity index (χ4n) is 1.98. The lowest BCUT2D eigenvalue weighted by Crippen LogP contribution is -2.31. The summed E-state index contributed by atoms with van der Waals surface area (Å²) >= 11 is 0. The van der Waals surface area contributed by atoms with Gasteiger partial charge in [-0.1, -0.05) is 53.4 Å². The minimum absolute atomic E-state index is 0.419. The molecule has 0 fully saturated rings. The lowest BCUT2D eigenvalue weighted by Gasteiger charge is -2.39. The Bertz CT molecular complexity index is 230. The number of allylic oxidation sites excluding steroid dienone is 2. The van der Waals surface area contributed by atoms with Gasteiger partial charge in [-0.2, -0.15) is 0 Å². The smallest absolute Gasteiger partial charge is 0.109 e. The Balaban J connectivity index is 2.45. The van der Waals surface area contributed by atoms with Gasteiger partial charge in [0.15, 0.2) is 7.28 Å². The first-order valence-electron chi connectivity index (χ1n) is 6.51. The molecule has 0 heterocycles. The monoisotopic (exact) mass is 206 g/mol. The van der Waals surface area contributed by atoms with Gasteiger partial charge in [-0.25, -0.2) is 0 Å². The van der Waals surface area contributed by atoms with Gasteiger partial charge in [0.1, 0.15) is 0 Å². The number of rotatable bonds is 3. The molecule has 15 heavy (non-hydrogen) atoms. The van der Waals surface area contributed by atoms with Crippen LogP contribution in [0, 0.1) is 10.8 Å². The first kappa shape index (κ1) is 12.9. The fourth-order valence-corrected chi connectivity index (χ4v) is 1.98. The van der Waals surface area contributed by atoms with E-state index in [1.165, 1.54) is 39.3 Å². The van der Waals surface area contributed by atoms with Crippen molar-refractivity contribution in [3.8, 4) is 0 Å². The zero-order valence-corrected chi connectivity index (χ0v) is 11.3. The molecule has 0 unspecified atom stereocenters. The molecule has 0 bridgehead atoms. The molecular weight excluding hydrogens is 179 g/mol. The van der Waals surface area contributed by atoms with Gasteiger partial charge in [0.2, 0.25) is 0 Å². The Morgan fingerprint density at radius 2 is 1.80 bits per heavy atom. The number of hydrogen-bond donors (Lipinski definition) is 0. The van der Waals surface area contributed by atoms with Gasteiger partial charge in [-0.05, 0) is 30.1 Å². The van der Waals surface area contributed by atoms with E-state index in [0.717, 1.165) is 0 Å². The fraction of sp³-hybridized carbons (Fsp3) is 0.857. The predicted molar refractivity (Wildman–Crippen MR) is 71.7 cm³/mol. The molecule has 0 nitrogen and oxygen atoms in total. The largest absolute Gasteiger partial charge is 0.152 e. The SMILES string of the molecule is CC(C)(C)C(C)(C)CBC1=CCCCC1. The van der Waals surface area contributed by atoms with Crippen molar-refractivity contribution in [1.82, 2.24) is 0 Å². The molecule has 0 atom stereocenters. The van der Waals surface area contributed by atoms with Gasteiger partial charge in [-0.3, -0.25) is 0 Å². The highest BCUT2D eigenvalue weighted by Gasteiger charge is 2.32. The van der Waals surface area contributed by atoms with Gasteiger partial charge < -0.3 is 0 Å². The maximum atomic E-state index is 2.49. The van der Waals surface area contributed by atoms with E-state index in [-0.39, 0.29) is 0 Å². The Kier molecular flexibility index (Phi) is 4.09. The van der Waals surface area contributed by atoms with Gasteiger partial charge in [0.25, 0.3) is 0 Å². The third-order valence-corrected chi connectivity index (χ3v) is 4.49. The second-order valence-corrected chi connectivity index (χ2v) is 6.74. The number of hydrogen-bond acceptors (Lipinski definition) is 0. The van der Waals surface area contributed by atoms with Crippen molar-refractivity contribution < 1.29 is 0 Å². The van der Waals surface area contributed by atoms with E-state index in [9.17, 15) is 0 Å². The van der Waals surface area contributed by atoms with Crippen LogP contribution in [0.2, 0.25) is 6.32 Å². The van der Waals surface area contributed by atoms with Crippen LogP contribution in [0.5, 0.6) is 0 Å². The molecule has 0 saturated carbocycles. The highest BCUT2D eigenvalue weighted by Crippen LogP contribution is 2.41. The van der Waals surface area contributed by atoms with Crippen LogP contribution >= 0.6 is 0 Å². The molecule has 0 aromatic heterocycles. The van der Waals surface area contributed by atoms with E-state index in [1.54, 1.807) is 5.47 Å². The van der Waals surface area contributed by atoms with Crippen LogP contribution in [0.1, 0.15) is 60.3 Å². The topological polar surface area (TPSA) is 0 Å². The van der Waals surface area contributed by atoms with Crippen molar-refractivity contribution in [3.05, 3.63) is 11.5 Å². The molecule has 1 aliphatic carbocycles. The molecule has 0 amide bonds. The minimum Gasteiger partial charge on any atom is -0.109 e. The highest BCUT2D eigenvalue weighted by molar-refractivity contribution is 6.45. The van der Waals surface area contributed by atoms with Crippen molar-refractivity contribution in [2.75, 3.05) is 0 Å². The van der Waals surface area contributed by atoms with Crippen molar-refractivity contribution in [2.24, 2.45) is 10.8 Å². The summed E-state index contributed by atoms with van der Waals surface area (Å²) in [5.41, 5.74) is 2.59. The first-order chi connectivity index (χ1) is 6.83. The Morgan fingerprint density at radius 1 is 1.13 bits per heavy atom. The van der Waals surface area contributed by atoms with E-state index in [2.05, 4.69) is 40.7 Å². The van der Waals surface area contributed by atoms with Gasteiger partial charge >= 0.3 is 0 Å². The van der Waals surface area contributed by atoms with Crippen molar-refractivity contribution in [1.29, 1.82) is 0 Å². The zero-order chi connectivity index (χ0) is 11.5. The van der Waals surface area contributed by atoms with Crippen LogP contribution in [0.15, 0.2) is 11.5 Å². The van der Waals surface area contributed by atoms with Crippen LogP contribution in [-0.2, 0) is 0 Å². The maximum Gasteiger partial charge on any atom is 0.152 e. The normalized spacial score (nSPS) is 18.6. The van der Waals surface area contributed by atoms with E-state index in [0.29, 0.717) is 10.8 Å². The predicted octanol–water partition coefficient (Wildman–Crippen LogP) is 4.37. The van der Waals surface area contributed by atoms with Crippen LogP contribution in [0.4, 0.5) is 0 Å². The van der Waals surface area contributed by atoms with Crippen LogP contribution in [0.25, 0.3) is 0 Å². The molecule has 1 aliphatic rings. The molecule has 86 valence electrons. The third-order valence-electron chi connectivity index (χ3n) is 4.49. The van der Waals surface area contributed by atoms with Crippen molar-refractivity contribution in [3.63, 3.8) is 0 Å². The average Bonchev–Trinajstić information content (AvgIpc) is 2.15. The summed E-state index contributed by atoms with van der Waals surface area (Å²) in [6.45, 7) is 11.9. The van der Waals surface area contributed by atoms with E-state index >= 15 is 0 Å². The van der Waals surface area contributed by atoms with E-state index in [4.69, 9.17) is 0 Å². The molecule has 0 aromatic carbocycles. The Labute approximate surface area is 96.8 Å². The summed E-state index contributed by atoms with van der Waals surface area (Å²) in [5, 5.41) is 0. The molecule has 0 radical (unpaired) electrons. The van der Waals surface area contributed by atoms with Gasteiger partial charge in [0, 0.05) is 0 Å². The van der Waals surface area contributed by atoms with Crippen LogP contribution < -0.4 is 0 Å². The first-order valence-corrected chi connectivity index (χ1v) is 6.51. The van der Waals surface area contributed by atoms with Crippen molar-refractivity contribution >= 4 is 7.28 Å². The summed E-state index contributed by atoms with van der Waals surface area (Å²) in [6, 6.07) is 0. The molecule has 0 aromatic rings. The van der Waals surface area contributed by atoms with E-state index < -0.39 is 0 Å². The molecule has 0 aliphatic heterocycles. The van der Waals surface area contributed by atoms with Crippen molar-refractivity contribution in [2.45, 2.75) is 66.6 Å². The van der Waals surface area contributed by atoms with Gasteiger partial charge in [0.05, 0.1) is 0 Å². The second-order valence-electron chi connectivity index (χ2n) is 6.74. The molecule has 1 heteroatoms. The zero-order valence-electron chi connectivity index (χ0n) is 11.3. The summed E-state index contributed by atoms with van der Waals surface area (Å²) in [5.74, 6) is 0. The Morgan fingerprint density at radius 3 is 2.27 bits per heavy atom. The average molecular weight is 206 g/mol. The lowest BCUT2D eigenvalue weighted by atomic mass is 9.52. The maximum absolute atomic E-state index is 2.49. The van der Waals surface area contributed by atoms with Gasteiger partial charge in [-0.15, -0.1) is 5.47 Å². The van der Waals surface area contributed by atoms with E-state index in [1.807, 2.05) is 0 Å². The summed E-state index contributed by atoms with van der Waals surface area (Å²) in [6.07, 6.45) is 9.34. The highest BCUT2D eigenvalue weighted by atomic mass is 14.3. The molecule has 0 spiro atoms. The minimum atomic E-state index is 0.419. The quantitative estimate of drug-likeness (QED) is 0.601. The lowest BCUT2D eigenvalue weighted by molar-refractivity contribution is 0.156.